The number of carbonyl (C=O) groups is 2. The van der Waals surface area contributed by atoms with Gasteiger partial charge in [-0.25, -0.2) is 4.52 Å². The van der Waals surface area contributed by atoms with Crippen molar-refractivity contribution in [2.45, 2.75) is 31.6 Å². The predicted octanol–water partition coefficient (Wildman–Crippen LogP) is 4.39. The summed E-state index contributed by atoms with van der Waals surface area (Å²) in [5.41, 5.74) is 6.97. The fraction of sp³-hybridized carbons (Fsp3) is 0.378. The molecule has 0 spiro atoms. The molecule has 0 saturated carbocycles. The molecule has 260 valence electrons. The predicted molar refractivity (Wildman–Crippen MR) is 197 cm³/mol. The van der Waals surface area contributed by atoms with Crippen molar-refractivity contribution < 1.29 is 9.59 Å². The van der Waals surface area contributed by atoms with Gasteiger partial charge in [-0.15, -0.1) is 10.2 Å². The van der Waals surface area contributed by atoms with E-state index >= 15 is 0 Å². The molecular weight excluding hydrogens is 663 g/mol. The van der Waals surface area contributed by atoms with Crippen molar-refractivity contribution in [3.8, 4) is 28.0 Å². The van der Waals surface area contributed by atoms with Crippen LogP contribution in [0.1, 0.15) is 42.7 Å². The van der Waals surface area contributed by atoms with Crippen molar-refractivity contribution in [1.29, 1.82) is 5.26 Å². The van der Waals surface area contributed by atoms with Crippen LogP contribution in [0.25, 0.3) is 27.5 Å². The summed E-state index contributed by atoms with van der Waals surface area (Å²) < 4.78 is 1.79. The minimum absolute atomic E-state index is 0.177. The number of nitriles is 1. The van der Waals surface area contributed by atoms with Gasteiger partial charge < -0.3 is 15.1 Å². The monoisotopic (exact) mass is 701 g/mol. The summed E-state index contributed by atoms with van der Waals surface area (Å²) in [6.07, 6.45) is 6.70. The number of fused-ring (bicyclic) bond motifs is 1. The van der Waals surface area contributed by atoms with Crippen LogP contribution in [0.3, 0.4) is 0 Å². The normalized spacial score (nSPS) is 18.9. The molecule has 3 aliphatic rings. The Balaban J connectivity index is 0.834. The Labute approximate surface area is 299 Å². The van der Waals surface area contributed by atoms with Gasteiger partial charge in [0.25, 0.3) is 0 Å². The van der Waals surface area contributed by atoms with Crippen molar-refractivity contribution in [2.75, 3.05) is 68.0 Å². The molecule has 8 rings (SSSR count). The van der Waals surface area contributed by atoms with E-state index < -0.39 is 0 Å². The van der Waals surface area contributed by atoms with E-state index in [4.69, 9.17) is 4.98 Å². The van der Waals surface area contributed by atoms with Crippen molar-refractivity contribution in [3.63, 3.8) is 0 Å². The third-order valence-corrected chi connectivity index (χ3v) is 11.4. The van der Waals surface area contributed by atoms with Gasteiger partial charge in [0.1, 0.15) is 6.07 Å². The Morgan fingerprint density at radius 3 is 2.49 bits per heavy atom. The van der Waals surface area contributed by atoms with Gasteiger partial charge in [-0.1, -0.05) is 23.5 Å². The highest BCUT2D eigenvalue weighted by atomic mass is 32.1. The number of amides is 2. The minimum atomic E-state index is -0.240. The number of piperidine rings is 2. The maximum atomic E-state index is 12.3. The summed E-state index contributed by atoms with van der Waals surface area (Å²) in [7, 11) is 1.89. The van der Waals surface area contributed by atoms with Crippen molar-refractivity contribution in [3.05, 3.63) is 72.1 Å². The Hall–Kier alpha value is -5.39. The lowest BCUT2D eigenvalue weighted by Gasteiger charge is -2.39. The van der Waals surface area contributed by atoms with Gasteiger partial charge in [-0.3, -0.25) is 24.8 Å². The Morgan fingerprint density at radius 2 is 1.75 bits per heavy atom. The number of hydrogen-bond acceptors (Lipinski definition) is 12. The molecule has 51 heavy (non-hydrogen) atoms. The Bertz CT molecular complexity index is 2100. The number of benzene rings is 1. The van der Waals surface area contributed by atoms with Crippen molar-refractivity contribution in [2.24, 2.45) is 5.92 Å². The number of nitrogens with zero attached hydrogens (tertiary/aromatic N) is 9. The minimum Gasteiger partial charge on any atom is -0.387 e. The van der Waals surface area contributed by atoms with Gasteiger partial charge in [0, 0.05) is 76.9 Å². The molecule has 4 aromatic heterocycles. The van der Waals surface area contributed by atoms with Crippen LogP contribution < -0.4 is 20.4 Å². The summed E-state index contributed by atoms with van der Waals surface area (Å²) in [4.78, 5) is 35.9. The zero-order valence-electron chi connectivity index (χ0n) is 28.5. The van der Waals surface area contributed by atoms with Gasteiger partial charge in [-0.05, 0) is 67.1 Å². The number of nitrogens with one attached hydrogen (secondary N) is 2. The molecule has 3 aliphatic heterocycles. The first-order chi connectivity index (χ1) is 24.9. The highest BCUT2D eigenvalue weighted by Crippen LogP contribution is 2.36. The Kier molecular flexibility index (Phi) is 9.06. The molecule has 1 atom stereocenters. The van der Waals surface area contributed by atoms with Crippen LogP contribution in [0.4, 0.5) is 16.5 Å². The standard InChI is InChI=1S/C37H39N11O2S/c1-39-31-19-32(33-8-6-28-18-25(20-38)21-41-48(28)33)40-22-30(31)36-43-44-37(51-36)47-16-14-45(15-17-47)23-24-10-12-46(13-11-24)27-4-2-26(3-5-27)29-7-9-34(49)42-35(29)50/h2-6,8,18-19,21-22,24,29H,7,9-17,23H2,1H3,(H,39,40)(H,42,49,50)/t29-/m0/s1. The summed E-state index contributed by atoms with van der Waals surface area (Å²) >= 11 is 1.59. The molecule has 14 heteroatoms. The average molecular weight is 702 g/mol. The second-order valence-corrected chi connectivity index (χ2v) is 14.4. The molecular formula is C37H39N11O2S. The van der Waals surface area contributed by atoms with Gasteiger partial charge >= 0.3 is 0 Å². The average Bonchev–Trinajstić information content (AvgIpc) is 3.83. The highest BCUT2D eigenvalue weighted by molar-refractivity contribution is 7.18. The zero-order chi connectivity index (χ0) is 34.9. The number of anilines is 3. The number of piperazine rings is 1. The van der Waals surface area contributed by atoms with Crippen molar-refractivity contribution in [1.82, 2.24) is 35.0 Å². The van der Waals surface area contributed by atoms with Crippen LogP contribution in [0.5, 0.6) is 0 Å². The van der Waals surface area contributed by atoms with Crippen LogP contribution in [0.2, 0.25) is 0 Å². The summed E-state index contributed by atoms with van der Waals surface area (Å²) in [5.74, 6) is 0.0734. The van der Waals surface area contributed by atoms with Gasteiger partial charge in [-0.2, -0.15) is 10.4 Å². The van der Waals surface area contributed by atoms with Gasteiger partial charge in [0.2, 0.25) is 16.9 Å². The highest BCUT2D eigenvalue weighted by Gasteiger charge is 2.29. The largest absolute Gasteiger partial charge is 0.387 e. The number of imide groups is 1. The summed E-state index contributed by atoms with van der Waals surface area (Å²) in [6.45, 7) is 7.03. The van der Waals surface area contributed by atoms with Gasteiger partial charge in [0.05, 0.1) is 40.1 Å². The lowest BCUT2D eigenvalue weighted by atomic mass is 9.90. The Morgan fingerprint density at radius 1 is 0.941 bits per heavy atom. The van der Waals surface area contributed by atoms with Gasteiger partial charge in [0.15, 0.2) is 5.01 Å². The maximum absolute atomic E-state index is 12.3. The molecule has 0 radical (unpaired) electrons. The molecule has 3 saturated heterocycles. The first-order valence-electron chi connectivity index (χ1n) is 17.5. The SMILES string of the molecule is CNc1cc(-c2ccc3cc(C#N)cnn23)ncc1-c1nnc(N2CCN(CC3CCN(c4ccc([C@@H]5CCC(=O)NC5=O)cc4)CC3)CC2)s1. The molecule has 0 aliphatic carbocycles. The summed E-state index contributed by atoms with van der Waals surface area (Å²) in [5, 5.41) is 30.3. The van der Waals surface area contributed by atoms with E-state index in [-0.39, 0.29) is 17.7 Å². The zero-order valence-corrected chi connectivity index (χ0v) is 29.3. The molecule has 0 unspecified atom stereocenters. The van der Waals surface area contributed by atoms with E-state index in [0.717, 1.165) is 103 Å². The van der Waals surface area contributed by atoms with Crippen LogP contribution in [0.15, 0.2) is 60.9 Å². The molecule has 5 aromatic rings. The maximum Gasteiger partial charge on any atom is 0.234 e. The van der Waals surface area contributed by atoms with Crippen LogP contribution >= 0.6 is 11.3 Å². The first kappa shape index (κ1) is 32.8. The lowest BCUT2D eigenvalue weighted by molar-refractivity contribution is -0.134. The lowest BCUT2D eigenvalue weighted by Crippen LogP contribution is -2.49. The van der Waals surface area contributed by atoms with E-state index in [1.54, 1.807) is 22.0 Å². The van der Waals surface area contributed by atoms with Crippen LogP contribution in [-0.2, 0) is 9.59 Å². The first-order valence-corrected chi connectivity index (χ1v) is 18.3. The molecule has 13 nitrogen and oxygen atoms in total. The second-order valence-electron chi connectivity index (χ2n) is 13.5. The van der Waals surface area contributed by atoms with E-state index in [1.807, 2.05) is 49.6 Å². The molecule has 1 aromatic carbocycles. The van der Waals surface area contributed by atoms with Crippen molar-refractivity contribution >= 4 is 45.2 Å². The molecule has 3 fully saturated rings. The number of pyridine rings is 1. The number of rotatable bonds is 8. The van der Waals surface area contributed by atoms with E-state index in [2.05, 4.69) is 58.8 Å². The van der Waals surface area contributed by atoms with E-state index in [9.17, 15) is 14.9 Å². The molecule has 2 N–H and O–H groups in total. The topological polar surface area (TPSA) is 148 Å². The third kappa shape index (κ3) is 6.74. The fourth-order valence-electron chi connectivity index (χ4n) is 7.47. The smallest absolute Gasteiger partial charge is 0.234 e. The van der Waals surface area contributed by atoms with E-state index in [0.29, 0.717) is 24.3 Å². The second kappa shape index (κ2) is 14.1. The fourth-order valence-corrected chi connectivity index (χ4v) is 8.39. The van der Waals surface area contributed by atoms with Crippen LogP contribution in [-0.4, -0.2) is 94.4 Å². The van der Waals surface area contributed by atoms with Crippen LogP contribution in [0, 0.1) is 17.2 Å². The number of aromatic nitrogens is 5. The summed E-state index contributed by atoms with van der Waals surface area (Å²) in [6, 6.07) is 18.2. The molecule has 0 bridgehead atoms. The number of hydrogen-bond donors (Lipinski definition) is 2. The molecule has 7 heterocycles. The molecule has 2 amide bonds. The third-order valence-electron chi connectivity index (χ3n) is 10.4. The quantitative estimate of drug-likeness (QED) is 0.222. The van der Waals surface area contributed by atoms with E-state index in [1.165, 1.54) is 5.69 Å². The number of carbonyl (C=O) groups excluding carboxylic acids is 2.